The second kappa shape index (κ2) is 5.50. The highest BCUT2D eigenvalue weighted by atomic mass is 79.9. The highest BCUT2D eigenvalue weighted by molar-refractivity contribution is 9.10. The number of anilines is 1. The summed E-state index contributed by atoms with van der Waals surface area (Å²) in [7, 11) is 0. The first-order chi connectivity index (χ1) is 10.1. The van der Waals surface area contributed by atoms with Gasteiger partial charge in [0.05, 0.1) is 5.56 Å². The van der Waals surface area contributed by atoms with Gasteiger partial charge in [-0.25, -0.2) is 4.39 Å². The molecular formula is C15H9BrClFN2O. The van der Waals surface area contributed by atoms with Crippen LogP contribution in [0.15, 0.2) is 51.5 Å². The van der Waals surface area contributed by atoms with Gasteiger partial charge in [-0.1, -0.05) is 50.9 Å². The van der Waals surface area contributed by atoms with Crippen LogP contribution in [0.2, 0.25) is 5.02 Å². The minimum atomic E-state index is -0.482. The van der Waals surface area contributed by atoms with E-state index in [1.165, 1.54) is 6.07 Å². The molecule has 1 aromatic heterocycles. The molecule has 0 unspecified atom stereocenters. The fraction of sp³-hybridized carbons (Fsp3) is 0. The van der Waals surface area contributed by atoms with Crippen molar-refractivity contribution in [2.45, 2.75) is 0 Å². The minimum Gasteiger partial charge on any atom is -0.367 e. The van der Waals surface area contributed by atoms with E-state index in [4.69, 9.17) is 21.9 Å². The monoisotopic (exact) mass is 366 g/mol. The average molecular weight is 368 g/mol. The van der Waals surface area contributed by atoms with Crippen LogP contribution in [-0.4, -0.2) is 5.16 Å². The zero-order valence-corrected chi connectivity index (χ0v) is 13.0. The first-order valence-corrected chi connectivity index (χ1v) is 7.20. The molecule has 0 bridgehead atoms. The van der Waals surface area contributed by atoms with Crippen molar-refractivity contribution in [1.82, 2.24) is 5.16 Å². The Hall–Kier alpha value is -1.85. The topological polar surface area (TPSA) is 52.0 Å². The molecule has 0 aliphatic heterocycles. The smallest absolute Gasteiger partial charge is 0.230 e. The molecule has 0 aliphatic carbocycles. The fourth-order valence-electron chi connectivity index (χ4n) is 2.09. The van der Waals surface area contributed by atoms with Gasteiger partial charge in [-0.3, -0.25) is 0 Å². The van der Waals surface area contributed by atoms with Crippen molar-refractivity contribution in [2.24, 2.45) is 0 Å². The molecule has 2 N–H and O–H groups in total. The van der Waals surface area contributed by atoms with Crippen LogP contribution in [-0.2, 0) is 0 Å². The summed E-state index contributed by atoms with van der Waals surface area (Å²) in [5.41, 5.74) is 7.81. The van der Waals surface area contributed by atoms with E-state index in [1.54, 1.807) is 12.1 Å². The summed E-state index contributed by atoms with van der Waals surface area (Å²) in [5, 5.41) is 4.21. The molecule has 0 aliphatic rings. The predicted octanol–water partition coefficient (Wildman–Crippen LogP) is 5.15. The van der Waals surface area contributed by atoms with Crippen molar-refractivity contribution < 1.29 is 8.91 Å². The Morgan fingerprint density at radius 2 is 1.90 bits per heavy atom. The third kappa shape index (κ3) is 2.54. The van der Waals surface area contributed by atoms with E-state index in [0.717, 1.165) is 10.0 Å². The lowest BCUT2D eigenvalue weighted by molar-refractivity contribution is 0.439. The van der Waals surface area contributed by atoms with Crippen LogP contribution in [0.5, 0.6) is 0 Å². The Morgan fingerprint density at radius 1 is 1.14 bits per heavy atom. The number of hydrogen-bond acceptors (Lipinski definition) is 3. The van der Waals surface area contributed by atoms with Gasteiger partial charge >= 0.3 is 0 Å². The van der Waals surface area contributed by atoms with E-state index in [9.17, 15) is 4.39 Å². The average Bonchev–Trinajstić information content (AvgIpc) is 2.81. The summed E-state index contributed by atoms with van der Waals surface area (Å²) in [6, 6.07) is 11.8. The maximum Gasteiger partial charge on any atom is 0.230 e. The lowest BCUT2D eigenvalue weighted by atomic mass is 10.0. The first kappa shape index (κ1) is 14.1. The molecule has 2 aromatic carbocycles. The van der Waals surface area contributed by atoms with Gasteiger partial charge in [0, 0.05) is 20.6 Å². The van der Waals surface area contributed by atoms with E-state index < -0.39 is 5.82 Å². The van der Waals surface area contributed by atoms with Crippen LogP contribution in [0.1, 0.15) is 0 Å². The Morgan fingerprint density at radius 3 is 2.62 bits per heavy atom. The molecule has 1 heterocycles. The van der Waals surface area contributed by atoms with Crippen LogP contribution < -0.4 is 5.73 Å². The predicted molar refractivity (Wildman–Crippen MR) is 84.5 cm³/mol. The summed E-state index contributed by atoms with van der Waals surface area (Å²) >= 11 is 9.22. The number of hydrogen-bond donors (Lipinski definition) is 1. The largest absolute Gasteiger partial charge is 0.367 e. The molecule has 0 radical (unpaired) electrons. The van der Waals surface area contributed by atoms with Crippen LogP contribution in [0, 0.1) is 5.82 Å². The molecule has 0 saturated heterocycles. The van der Waals surface area contributed by atoms with Crippen molar-refractivity contribution in [3.63, 3.8) is 0 Å². The molecular weight excluding hydrogens is 359 g/mol. The Kier molecular flexibility index (Phi) is 3.69. The molecule has 21 heavy (non-hydrogen) atoms. The molecule has 0 fully saturated rings. The number of benzene rings is 2. The lowest BCUT2D eigenvalue weighted by Crippen LogP contribution is -1.91. The van der Waals surface area contributed by atoms with Gasteiger partial charge < -0.3 is 10.3 Å². The quantitative estimate of drug-likeness (QED) is 0.682. The maximum atomic E-state index is 14.1. The number of nitrogen functional groups attached to an aromatic ring is 1. The number of halogens is 3. The second-order valence-corrected chi connectivity index (χ2v) is 5.67. The van der Waals surface area contributed by atoms with E-state index in [2.05, 4.69) is 21.1 Å². The molecule has 0 saturated carbocycles. The Labute approximate surface area is 133 Å². The zero-order chi connectivity index (χ0) is 15.0. The fourth-order valence-corrected chi connectivity index (χ4v) is 2.73. The van der Waals surface area contributed by atoms with Gasteiger partial charge in [0.1, 0.15) is 11.5 Å². The lowest BCUT2D eigenvalue weighted by Gasteiger charge is -2.06. The first-order valence-electron chi connectivity index (χ1n) is 6.03. The minimum absolute atomic E-state index is 0.131. The van der Waals surface area contributed by atoms with Crippen molar-refractivity contribution >= 4 is 33.4 Å². The third-order valence-electron chi connectivity index (χ3n) is 3.05. The molecule has 3 rings (SSSR count). The summed E-state index contributed by atoms with van der Waals surface area (Å²) in [4.78, 5) is 0. The van der Waals surface area contributed by atoms with Crippen LogP contribution in [0.4, 0.5) is 10.3 Å². The summed E-state index contributed by atoms with van der Waals surface area (Å²) in [6.07, 6.45) is 0. The molecule has 0 spiro atoms. The second-order valence-electron chi connectivity index (χ2n) is 4.37. The van der Waals surface area contributed by atoms with Gasteiger partial charge in [0.15, 0.2) is 0 Å². The Balaban J connectivity index is 2.25. The zero-order valence-electron chi connectivity index (χ0n) is 10.6. The van der Waals surface area contributed by atoms with E-state index in [0.29, 0.717) is 16.3 Å². The van der Waals surface area contributed by atoms with Crippen LogP contribution >= 0.6 is 27.5 Å². The normalized spacial score (nSPS) is 10.8. The maximum absolute atomic E-state index is 14.1. The van der Waals surface area contributed by atoms with E-state index in [-0.39, 0.29) is 11.4 Å². The van der Waals surface area contributed by atoms with Gasteiger partial charge in [-0.05, 0) is 24.3 Å². The highest BCUT2D eigenvalue weighted by Crippen LogP contribution is 2.40. The van der Waals surface area contributed by atoms with Gasteiger partial charge in [-0.15, -0.1) is 0 Å². The highest BCUT2D eigenvalue weighted by Gasteiger charge is 2.21. The molecule has 3 aromatic rings. The summed E-state index contributed by atoms with van der Waals surface area (Å²) in [6.45, 7) is 0. The van der Waals surface area contributed by atoms with Gasteiger partial charge in [0.25, 0.3) is 0 Å². The van der Waals surface area contributed by atoms with Crippen molar-refractivity contribution in [3.8, 4) is 22.4 Å². The summed E-state index contributed by atoms with van der Waals surface area (Å²) < 4.78 is 20.0. The van der Waals surface area contributed by atoms with Gasteiger partial charge in [-0.2, -0.15) is 0 Å². The molecule has 106 valence electrons. The number of nitrogens with zero attached hydrogens (tertiary/aromatic N) is 1. The molecule has 0 atom stereocenters. The number of nitrogens with two attached hydrogens (primary N) is 1. The van der Waals surface area contributed by atoms with Crippen molar-refractivity contribution in [2.75, 3.05) is 5.73 Å². The summed E-state index contributed by atoms with van der Waals surface area (Å²) in [5.74, 6) is -0.352. The molecule has 0 amide bonds. The Bertz CT molecular complexity index is 819. The van der Waals surface area contributed by atoms with Crippen LogP contribution in [0.3, 0.4) is 0 Å². The standard InChI is InChI=1S/C15H9BrClFN2O/c16-11-4-2-1-3-9(11)13-14(20-21-15(13)19)10-6-5-8(17)7-12(10)18/h1-7H,19H2. The SMILES string of the molecule is Nc1onc(-c2ccc(Cl)cc2F)c1-c1ccccc1Br. The molecule has 6 heteroatoms. The van der Waals surface area contributed by atoms with E-state index >= 15 is 0 Å². The van der Waals surface area contributed by atoms with E-state index in [1.807, 2.05) is 24.3 Å². The third-order valence-corrected chi connectivity index (χ3v) is 3.97. The van der Waals surface area contributed by atoms with Gasteiger partial charge in [0.2, 0.25) is 5.88 Å². The van der Waals surface area contributed by atoms with Crippen molar-refractivity contribution in [3.05, 3.63) is 57.8 Å². The number of aromatic nitrogens is 1. The van der Waals surface area contributed by atoms with Crippen molar-refractivity contribution in [1.29, 1.82) is 0 Å². The number of rotatable bonds is 2. The van der Waals surface area contributed by atoms with Crippen LogP contribution in [0.25, 0.3) is 22.4 Å². The molecule has 3 nitrogen and oxygen atoms in total.